The first-order chi connectivity index (χ1) is 6.54. The minimum atomic E-state index is -0.661. The minimum Gasteiger partial charge on any atom is -0.449 e. The molecule has 0 spiro atoms. The number of carbonyl (C=O) groups excluding carboxylic acids is 1. The molecule has 0 aromatic carbocycles. The zero-order valence-electron chi connectivity index (χ0n) is 8.07. The van der Waals surface area contributed by atoms with Gasteiger partial charge in [-0.25, -0.2) is 4.79 Å². The van der Waals surface area contributed by atoms with Crippen LogP contribution in [0.2, 0.25) is 0 Å². The van der Waals surface area contributed by atoms with Crippen molar-refractivity contribution in [2.45, 2.75) is 13.8 Å². The van der Waals surface area contributed by atoms with Gasteiger partial charge in [0, 0.05) is 6.54 Å². The summed E-state index contributed by atoms with van der Waals surface area (Å²) in [5.41, 5.74) is 5.33. The molecule has 3 N–H and O–H groups in total. The number of rotatable bonds is 2. The van der Waals surface area contributed by atoms with Crippen LogP contribution in [0.5, 0.6) is 0 Å². The van der Waals surface area contributed by atoms with E-state index in [0.717, 1.165) is 4.90 Å². The molecule has 0 fully saturated rings. The van der Waals surface area contributed by atoms with Gasteiger partial charge < -0.3 is 15.8 Å². The molecule has 0 radical (unpaired) electrons. The molecule has 0 aromatic rings. The zero-order chi connectivity index (χ0) is 11.1. The Morgan fingerprint density at radius 2 is 2.07 bits per heavy atom. The normalized spacial score (nSPS) is 9.00. The molecule has 1 amide bonds. The molecule has 0 rings (SSSR count). The first-order valence-corrected chi connectivity index (χ1v) is 4.90. The Hall–Kier alpha value is -0.950. The summed E-state index contributed by atoms with van der Waals surface area (Å²) >= 11 is 9.56. The second-order valence-electron chi connectivity index (χ2n) is 2.21. The fourth-order valence-corrected chi connectivity index (χ4v) is 1.23. The van der Waals surface area contributed by atoms with Gasteiger partial charge in [0.25, 0.3) is 0 Å². The van der Waals surface area contributed by atoms with Gasteiger partial charge in [0.1, 0.15) is 0 Å². The Labute approximate surface area is 93.6 Å². The van der Waals surface area contributed by atoms with Gasteiger partial charge in [-0.15, -0.1) is 0 Å². The third-order valence-corrected chi connectivity index (χ3v) is 1.71. The van der Waals surface area contributed by atoms with Crippen LogP contribution in [0.4, 0.5) is 4.79 Å². The van der Waals surface area contributed by atoms with E-state index in [-0.39, 0.29) is 16.8 Å². The van der Waals surface area contributed by atoms with E-state index in [1.807, 2.05) is 6.92 Å². The molecule has 0 bridgehead atoms. The van der Waals surface area contributed by atoms with Crippen LogP contribution in [0.1, 0.15) is 13.8 Å². The van der Waals surface area contributed by atoms with E-state index < -0.39 is 6.09 Å². The summed E-state index contributed by atoms with van der Waals surface area (Å²) in [6.07, 6.45) is -0.661. The van der Waals surface area contributed by atoms with Gasteiger partial charge in [0.15, 0.2) is 10.2 Å². The second kappa shape index (κ2) is 6.50. The smallest absolute Gasteiger partial charge is 0.422 e. The van der Waals surface area contributed by atoms with Gasteiger partial charge >= 0.3 is 6.09 Å². The van der Waals surface area contributed by atoms with Crippen molar-refractivity contribution in [2.75, 3.05) is 13.2 Å². The van der Waals surface area contributed by atoms with Crippen LogP contribution in [0.15, 0.2) is 0 Å². The number of ether oxygens (including phenoxy) is 1. The molecule has 0 heterocycles. The predicted octanol–water partition coefficient (Wildman–Crippen LogP) is 0.583. The molecule has 0 aromatic heterocycles. The summed E-state index contributed by atoms with van der Waals surface area (Å²) in [5, 5.41) is 2.78. The zero-order valence-corrected chi connectivity index (χ0v) is 9.70. The third-order valence-electron chi connectivity index (χ3n) is 1.20. The van der Waals surface area contributed by atoms with Crippen molar-refractivity contribution in [3.63, 3.8) is 0 Å². The lowest BCUT2D eigenvalue weighted by atomic mass is 10.7. The third kappa shape index (κ3) is 3.84. The van der Waals surface area contributed by atoms with Crippen LogP contribution in [0.3, 0.4) is 0 Å². The lowest BCUT2D eigenvalue weighted by molar-refractivity contribution is 0.141. The summed E-state index contributed by atoms with van der Waals surface area (Å²) in [6, 6.07) is 0. The van der Waals surface area contributed by atoms with Crippen LogP contribution in [-0.2, 0) is 4.74 Å². The van der Waals surface area contributed by atoms with E-state index in [4.69, 9.17) is 22.7 Å². The van der Waals surface area contributed by atoms with Crippen LogP contribution < -0.4 is 11.1 Å². The maximum atomic E-state index is 11.3. The highest BCUT2D eigenvalue weighted by Crippen LogP contribution is 1.95. The Kier molecular flexibility index (Phi) is 6.06. The summed E-state index contributed by atoms with van der Waals surface area (Å²) < 4.78 is 4.72. The molecule has 0 unspecified atom stereocenters. The molecule has 0 aliphatic heterocycles. The Morgan fingerprint density at radius 3 is 2.43 bits per heavy atom. The second-order valence-corrected chi connectivity index (χ2v) is 3.01. The summed E-state index contributed by atoms with van der Waals surface area (Å²) in [6.45, 7) is 4.35. The summed E-state index contributed by atoms with van der Waals surface area (Å²) in [5.74, 6) is 0. The van der Waals surface area contributed by atoms with Gasteiger partial charge in [-0.3, -0.25) is 0 Å². The van der Waals surface area contributed by atoms with Crippen molar-refractivity contribution in [3.8, 4) is 0 Å². The van der Waals surface area contributed by atoms with Gasteiger partial charge in [-0.05, 0) is 38.3 Å². The first-order valence-electron chi connectivity index (χ1n) is 4.08. The molecular formula is C7H13N3O2S2. The van der Waals surface area contributed by atoms with E-state index in [9.17, 15) is 4.79 Å². The number of hydrogen-bond donors (Lipinski definition) is 2. The standard InChI is InChI=1S/C7H13N3O2S2/c1-3-9-6(14)10(5(8)13)7(11)12-4-2/h3-4H2,1-2H3,(H2,8,13)(H,9,14). The molecule has 0 aliphatic carbocycles. The van der Waals surface area contributed by atoms with E-state index in [2.05, 4.69) is 17.5 Å². The average molecular weight is 235 g/mol. The number of nitrogens with two attached hydrogens (primary N) is 1. The lowest BCUT2D eigenvalue weighted by Crippen LogP contribution is -2.49. The molecular weight excluding hydrogens is 222 g/mol. The number of amides is 1. The van der Waals surface area contributed by atoms with Crippen LogP contribution in [0, 0.1) is 0 Å². The molecule has 80 valence electrons. The Bertz CT molecular complexity index is 227. The van der Waals surface area contributed by atoms with E-state index in [1.54, 1.807) is 6.92 Å². The van der Waals surface area contributed by atoms with Crippen molar-refractivity contribution in [1.82, 2.24) is 10.2 Å². The van der Waals surface area contributed by atoms with Crippen molar-refractivity contribution in [2.24, 2.45) is 5.73 Å². The number of carbonyl (C=O) groups is 1. The van der Waals surface area contributed by atoms with Gasteiger partial charge in [-0.2, -0.15) is 4.90 Å². The monoisotopic (exact) mass is 235 g/mol. The molecule has 0 saturated heterocycles. The fourth-order valence-electron chi connectivity index (χ4n) is 0.691. The molecule has 0 atom stereocenters. The van der Waals surface area contributed by atoms with E-state index >= 15 is 0 Å². The summed E-state index contributed by atoms with van der Waals surface area (Å²) in [7, 11) is 0. The minimum absolute atomic E-state index is 0.130. The lowest BCUT2D eigenvalue weighted by Gasteiger charge is -2.20. The highest BCUT2D eigenvalue weighted by molar-refractivity contribution is 7.81. The van der Waals surface area contributed by atoms with Crippen LogP contribution >= 0.6 is 24.4 Å². The first kappa shape index (κ1) is 13.1. The topological polar surface area (TPSA) is 67.6 Å². The van der Waals surface area contributed by atoms with Crippen molar-refractivity contribution in [3.05, 3.63) is 0 Å². The van der Waals surface area contributed by atoms with Crippen LogP contribution in [0.25, 0.3) is 0 Å². The van der Waals surface area contributed by atoms with Gasteiger partial charge in [0.05, 0.1) is 6.61 Å². The summed E-state index contributed by atoms with van der Waals surface area (Å²) in [4.78, 5) is 12.3. The maximum absolute atomic E-state index is 11.3. The molecule has 5 nitrogen and oxygen atoms in total. The molecule has 0 saturated carbocycles. The average Bonchev–Trinajstić information content (AvgIpc) is 2.04. The van der Waals surface area contributed by atoms with Gasteiger partial charge in [0.2, 0.25) is 0 Å². The van der Waals surface area contributed by atoms with Gasteiger partial charge in [-0.1, -0.05) is 0 Å². The molecule has 7 heteroatoms. The molecule has 0 aliphatic rings. The quantitative estimate of drug-likeness (QED) is 0.683. The fraction of sp³-hybridized carbons (Fsp3) is 0.571. The Morgan fingerprint density at radius 1 is 1.50 bits per heavy atom. The van der Waals surface area contributed by atoms with Crippen molar-refractivity contribution in [1.29, 1.82) is 0 Å². The molecule has 14 heavy (non-hydrogen) atoms. The highest BCUT2D eigenvalue weighted by atomic mass is 32.1. The van der Waals surface area contributed by atoms with E-state index in [1.165, 1.54) is 0 Å². The highest BCUT2D eigenvalue weighted by Gasteiger charge is 2.21. The SMILES string of the molecule is CCNC(=S)N(C(=O)OCC)C(N)=S. The van der Waals surface area contributed by atoms with E-state index in [0.29, 0.717) is 6.54 Å². The Balaban J connectivity index is 4.51. The van der Waals surface area contributed by atoms with Crippen molar-refractivity contribution >= 4 is 40.8 Å². The number of thiocarbonyl (C=S) groups is 2. The number of nitrogens with one attached hydrogen (secondary N) is 1. The largest absolute Gasteiger partial charge is 0.449 e. The number of hydrogen-bond acceptors (Lipinski definition) is 4. The number of nitrogens with zero attached hydrogens (tertiary/aromatic N) is 1. The van der Waals surface area contributed by atoms with Crippen molar-refractivity contribution < 1.29 is 9.53 Å². The maximum Gasteiger partial charge on any atom is 0.422 e. The van der Waals surface area contributed by atoms with Crippen LogP contribution in [-0.4, -0.2) is 34.4 Å². The predicted molar refractivity (Wildman–Crippen MR) is 61.9 cm³/mol.